The molecule has 2 rings (SSSR count). The second kappa shape index (κ2) is 6.06. The molecule has 5 heteroatoms. The van der Waals surface area contributed by atoms with E-state index in [4.69, 9.17) is 0 Å². The van der Waals surface area contributed by atoms with E-state index in [-0.39, 0.29) is 16.6 Å². The molecular weight excluding hydrogens is 276 g/mol. The largest absolute Gasteiger partial charge is 0.385 e. The van der Waals surface area contributed by atoms with Crippen LogP contribution in [-0.4, -0.2) is 31.7 Å². The average molecular weight is 296 g/mol. The quantitative estimate of drug-likeness (QED) is 0.865. The van der Waals surface area contributed by atoms with E-state index >= 15 is 0 Å². The number of ketones is 1. The fourth-order valence-corrected chi connectivity index (χ4v) is 3.33. The molecule has 0 bridgehead atoms. The van der Waals surface area contributed by atoms with Crippen molar-refractivity contribution in [3.05, 3.63) is 29.8 Å². The number of carbonyl (C=O) groups excluding carboxylic acids is 1. The Morgan fingerprint density at radius 2 is 1.70 bits per heavy atom. The van der Waals surface area contributed by atoms with Crippen LogP contribution in [0, 0.1) is 5.92 Å². The minimum atomic E-state index is -3.26. The van der Waals surface area contributed by atoms with Gasteiger partial charge < -0.3 is 5.11 Å². The molecule has 1 saturated carbocycles. The van der Waals surface area contributed by atoms with Crippen LogP contribution in [0.15, 0.2) is 29.2 Å². The highest BCUT2D eigenvalue weighted by molar-refractivity contribution is 7.90. The van der Waals surface area contributed by atoms with Crippen molar-refractivity contribution in [3.63, 3.8) is 0 Å². The Hall–Kier alpha value is -1.20. The maximum atomic E-state index is 12.2. The van der Waals surface area contributed by atoms with Gasteiger partial charge in [-0.2, -0.15) is 0 Å². The second-order valence-corrected chi connectivity index (χ2v) is 7.52. The third-order valence-corrected chi connectivity index (χ3v) is 5.06. The fourth-order valence-electron chi connectivity index (χ4n) is 2.70. The van der Waals surface area contributed by atoms with E-state index < -0.39 is 15.9 Å². The second-order valence-electron chi connectivity index (χ2n) is 5.50. The van der Waals surface area contributed by atoms with Crippen LogP contribution in [0.25, 0.3) is 0 Å². The summed E-state index contributed by atoms with van der Waals surface area (Å²) in [5.41, 5.74) is 0.371. The van der Waals surface area contributed by atoms with Gasteiger partial charge in [-0.25, -0.2) is 8.42 Å². The van der Waals surface area contributed by atoms with Crippen LogP contribution in [0.2, 0.25) is 0 Å². The Labute approximate surface area is 119 Å². The van der Waals surface area contributed by atoms with Gasteiger partial charge in [0.15, 0.2) is 15.6 Å². The molecule has 4 nitrogen and oxygen atoms in total. The first-order chi connectivity index (χ1) is 9.39. The van der Waals surface area contributed by atoms with Crippen LogP contribution in [-0.2, 0) is 9.84 Å². The third kappa shape index (κ3) is 3.46. The Balaban J connectivity index is 2.12. The minimum Gasteiger partial charge on any atom is -0.385 e. The van der Waals surface area contributed by atoms with Crippen LogP contribution in [0.3, 0.4) is 0 Å². The van der Waals surface area contributed by atoms with E-state index in [1.165, 1.54) is 30.7 Å². The van der Waals surface area contributed by atoms with E-state index in [9.17, 15) is 18.3 Å². The Morgan fingerprint density at radius 1 is 1.15 bits per heavy atom. The van der Waals surface area contributed by atoms with Crippen molar-refractivity contribution in [1.29, 1.82) is 0 Å². The molecule has 0 aromatic heterocycles. The SMILES string of the molecule is CS(=O)(=O)c1ccc(C(=O)C(O)C2CCCCC2)cc1. The molecule has 1 aliphatic rings. The summed E-state index contributed by atoms with van der Waals surface area (Å²) in [6.07, 6.45) is 5.20. The van der Waals surface area contributed by atoms with Crippen molar-refractivity contribution in [2.45, 2.75) is 43.1 Å². The molecule has 1 unspecified atom stereocenters. The zero-order valence-corrected chi connectivity index (χ0v) is 12.4. The molecule has 0 heterocycles. The number of rotatable bonds is 4. The maximum Gasteiger partial charge on any atom is 0.191 e. The smallest absolute Gasteiger partial charge is 0.191 e. The Bertz CT molecular complexity index is 568. The Kier molecular flexibility index (Phi) is 4.60. The monoisotopic (exact) mass is 296 g/mol. The summed E-state index contributed by atoms with van der Waals surface area (Å²) in [6.45, 7) is 0. The lowest BCUT2D eigenvalue weighted by atomic mass is 9.82. The average Bonchev–Trinajstić information content (AvgIpc) is 2.46. The topological polar surface area (TPSA) is 71.4 Å². The minimum absolute atomic E-state index is 0.0332. The third-order valence-electron chi connectivity index (χ3n) is 3.93. The van der Waals surface area contributed by atoms with Gasteiger partial charge in [-0.15, -0.1) is 0 Å². The van der Waals surface area contributed by atoms with E-state index in [0.717, 1.165) is 31.9 Å². The molecule has 1 atom stereocenters. The summed E-state index contributed by atoms with van der Waals surface area (Å²) >= 11 is 0. The highest BCUT2D eigenvalue weighted by Gasteiger charge is 2.28. The van der Waals surface area contributed by atoms with Crippen molar-refractivity contribution < 1.29 is 18.3 Å². The zero-order chi connectivity index (χ0) is 14.8. The van der Waals surface area contributed by atoms with Crippen molar-refractivity contribution >= 4 is 15.6 Å². The van der Waals surface area contributed by atoms with Crippen LogP contribution < -0.4 is 0 Å². The summed E-state index contributed by atoms with van der Waals surface area (Å²) < 4.78 is 22.7. The van der Waals surface area contributed by atoms with Gasteiger partial charge in [-0.05, 0) is 30.9 Å². The van der Waals surface area contributed by atoms with Gasteiger partial charge in [0, 0.05) is 11.8 Å². The van der Waals surface area contributed by atoms with Crippen LogP contribution in [0.1, 0.15) is 42.5 Å². The molecule has 0 radical (unpaired) electrons. The molecule has 0 amide bonds. The van der Waals surface area contributed by atoms with Crippen LogP contribution in [0.4, 0.5) is 0 Å². The number of hydrogen-bond acceptors (Lipinski definition) is 4. The summed E-state index contributed by atoms with van der Waals surface area (Å²) in [4.78, 5) is 12.4. The van der Waals surface area contributed by atoms with Gasteiger partial charge in [0.05, 0.1) is 4.90 Å². The van der Waals surface area contributed by atoms with Crippen molar-refractivity contribution in [3.8, 4) is 0 Å². The lowest BCUT2D eigenvalue weighted by molar-refractivity contribution is 0.0534. The molecular formula is C15H20O4S. The summed E-state index contributed by atoms with van der Waals surface area (Å²) in [5.74, 6) is -0.275. The lowest BCUT2D eigenvalue weighted by Gasteiger charge is -2.25. The summed E-state index contributed by atoms with van der Waals surface area (Å²) in [6, 6.07) is 5.78. The molecule has 0 aliphatic heterocycles. The number of benzene rings is 1. The molecule has 0 saturated heterocycles. The molecule has 1 fully saturated rings. The first-order valence-corrected chi connectivity index (χ1v) is 8.81. The van der Waals surface area contributed by atoms with Gasteiger partial charge in [0.25, 0.3) is 0 Å². The summed E-state index contributed by atoms with van der Waals surface area (Å²) in [5, 5.41) is 10.2. The molecule has 1 N–H and O–H groups in total. The normalized spacial score (nSPS) is 18.7. The van der Waals surface area contributed by atoms with Gasteiger partial charge in [0.2, 0.25) is 0 Å². The highest BCUT2D eigenvalue weighted by Crippen LogP contribution is 2.28. The highest BCUT2D eigenvalue weighted by atomic mass is 32.2. The number of aliphatic hydroxyl groups excluding tert-OH is 1. The molecule has 110 valence electrons. The van der Waals surface area contributed by atoms with Crippen LogP contribution >= 0.6 is 0 Å². The van der Waals surface area contributed by atoms with Gasteiger partial charge in [0.1, 0.15) is 6.10 Å². The first-order valence-electron chi connectivity index (χ1n) is 6.92. The molecule has 20 heavy (non-hydrogen) atoms. The first kappa shape index (κ1) is 15.2. The van der Waals surface area contributed by atoms with E-state index in [2.05, 4.69) is 0 Å². The summed E-state index contributed by atoms with van der Waals surface area (Å²) in [7, 11) is -3.26. The number of Topliss-reactive ketones (excluding diaryl/α,β-unsaturated/α-hetero) is 1. The maximum absolute atomic E-state index is 12.2. The molecule has 1 aliphatic carbocycles. The van der Waals surface area contributed by atoms with Crippen LogP contribution in [0.5, 0.6) is 0 Å². The van der Waals surface area contributed by atoms with Gasteiger partial charge in [-0.3, -0.25) is 4.79 Å². The predicted molar refractivity (Wildman–Crippen MR) is 76.5 cm³/mol. The zero-order valence-electron chi connectivity index (χ0n) is 11.6. The van der Waals surface area contributed by atoms with Crippen molar-refractivity contribution in [2.24, 2.45) is 5.92 Å². The molecule has 0 spiro atoms. The number of aliphatic hydroxyl groups is 1. The van der Waals surface area contributed by atoms with E-state index in [1.54, 1.807) is 0 Å². The standard InChI is InChI=1S/C15H20O4S/c1-20(18,19)13-9-7-12(8-10-13)15(17)14(16)11-5-3-2-4-6-11/h7-11,14,16H,2-6H2,1H3. The molecule has 1 aromatic rings. The Morgan fingerprint density at radius 3 is 2.20 bits per heavy atom. The fraction of sp³-hybridized carbons (Fsp3) is 0.533. The van der Waals surface area contributed by atoms with E-state index in [1.807, 2.05) is 0 Å². The van der Waals surface area contributed by atoms with Gasteiger partial charge in [-0.1, -0.05) is 31.4 Å². The van der Waals surface area contributed by atoms with E-state index in [0.29, 0.717) is 5.56 Å². The molecule has 1 aromatic carbocycles. The van der Waals surface area contributed by atoms with Crippen molar-refractivity contribution in [1.82, 2.24) is 0 Å². The van der Waals surface area contributed by atoms with Gasteiger partial charge >= 0.3 is 0 Å². The van der Waals surface area contributed by atoms with Crippen molar-refractivity contribution in [2.75, 3.05) is 6.26 Å². The number of sulfone groups is 1. The number of carbonyl (C=O) groups is 1. The predicted octanol–water partition coefficient (Wildman–Crippen LogP) is 2.21. The lowest BCUT2D eigenvalue weighted by Crippen LogP contribution is -2.31. The number of hydrogen-bond donors (Lipinski definition) is 1.